The monoisotopic (exact) mass is 488 g/mol. The predicted octanol–water partition coefficient (Wildman–Crippen LogP) is 1.90. The van der Waals surface area contributed by atoms with Gasteiger partial charge in [-0.2, -0.15) is 5.10 Å². The third-order valence-electron chi connectivity index (χ3n) is 4.38. The Labute approximate surface area is 175 Å². The van der Waals surface area contributed by atoms with Gasteiger partial charge in [-0.05, 0) is 24.5 Å². The van der Waals surface area contributed by atoms with Crippen molar-refractivity contribution in [2.45, 2.75) is 38.5 Å². The fourth-order valence-electron chi connectivity index (χ4n) is 3.07. The first-order chi connectivity index (χ1) is 12.7. The maximum atomic E-state index is 13.7. The third-order valence-corrected chi connectivity index (χ3v) is 4.38. The SMILES string of the molecule is CN=C(NCCc1ccccc1F)NC1CCc2nc(COC)nn2C1.I. The average molecular weight is 488 g/mol. The molecule has 0 fully saturated rings. The maximum absolute atomic E-state index is 13.7. The Hall–Kier alpha value is -1.75. The summed E-state index contributed by atoms with van der Waals surface area (Å²) in [6.45, 7) is 1.78. The lowest BCUT2D eigenvalue weighted by Gasteiger charge is -2.25. The van der Waals surface area contributed by atoms with E-state index in [9.17, 15) is 4.39 Å². The van der Waals surface area contributed by atoms with Crippen LogP contribution in [-0.4, -0.2) is 47.5 Å². The average Bonchev–Trinajstić information content (AvgIpc) is 3.04. The zero-order chi connectivity index (χ0) is 18.4. The fourth-order valence-corrected chi connectivity index (χ4v) is 3.07. The molecule has 7 nitrogen and oxygen atoms in total. The molecular weight excluding hydrogens is 462 g/mol. The largest absolute Gasteiger partial charge is 0.377 e. The molecule has 0 saturated heterocycles. The van der Waals surface area contributed by atoms with Gasteiger partial charge in [-0.25, -0.2) is 14.1 Å². The molecule has 2 heterocycles. The van der Waals surface area contributed by atoms with Gasteiger partial charge in [-0.3, -0.25) is 4.99 Å². The number of nitrogens with one attached hydrogen (secondary N) is 2. The minimum atomic E-state index is -0.171. The van der Waals surface area contributed by atoms with Gasteiger partial charge < -0.3 is 15.4 Å². The van der Waals surface area contributed by atoms with E-state index in [2.05, 4.69) is 25.7 Å². The molecule has 0 amide bonds. The van der Waals surface area contributed by atoms with Gasteiger partial charge in [0.2, 0.25) is 0 Å². The minimum absolute atomic E-state index is 0. The number of rotatable bonds is 6. The molecule has 0 saturated carbocycles. The van der Waals surface area contributed by atoms with Gasteiger partial charge in [0.25, 0.3) is 0 Å². The molecule has 148 valence electrons. The Morgan fingerprint density at radius 2 is 2.22 bits per heavy atom. The summed E-state index contributed by atoms with van der Waals surface area (Å²) in [6.07, 6.45) is 2.42. The number of benzene rings is 1. The summed E-state index contributed by atoms with van der Waals surface area (Å²) in [5.41, 5.74) is 0.700. The molecule has 0 radical (unpaired) electrons. The summed E-state index contributed by atoms with van der Waals surface area (Å²) in [6, 6.07) is 7.06. The molecule has 1 aromatic heterocycles. The Bertz CT molecular complexity index is 766. The smallest absolute Gasteiger partial charge is 0.191 e. The maximum Gasteiger partial charge on any atom is 0.191 e. The van der Waals surface area contributed by atoms with Crippen molar-refractivity contribution in [2.75, 3.05) is 20.7 Å². The standard InChI is InChI=1S/C18H25FN6O.HI/c1-20-18(21-10-9-13-5-3-4-6-15(13)19)22-14-7-8-17-23-16(12-26-2)24-25(17)11-14;/h3-6,14H,7-12H2,1-2H3,(H2,20,21,22);1H. The molecule has 2 aromatic rings. The number of nitrogens with zero attached hydrogens (tertiary/aromatic N) is 4. The molecule has 2 N–H and O–H groups in total. The Morgan fingerprint density at radius 1 is 1.41 bits per heavy atom. The summed E-state index contributed by atoms with van der Waals surface area (Å²) >= 11 is 0. The number of guanidine groups is 1. The number of hydrogen-bond donors (Lipinski definition) is 2. The molecule has 1 aliphatic heterocycles. The summed E-state index contributed by atoms with van der Waals surface area (Å²) in [7, 11) is 3.38. The van der Waals surface area contributed by atoms with Gasteiger partial charge in [-0.15, -0.1) is 24.0 Å². The van der Waals surface area contributed by atoms with E-state index in [0.29, 0.717) is 31.1 Å². The van der Waals surface area contributed by atoms with E-state index in [0.717, 1.165) is 31.0 Å². The van der Waals surface area contributed by atoms with Crippen LogP contribution in [0.3, 0.4) is 0 Å². The van der Waals surface area contributed by atoms with Gasteiger partial charge in [0.15, 0.2) is 11.8 Å². The van der Waals surface area contributed by atoms with Crippen LogP contribution in [0.5, 0.6) is 0 Å². The van der Waals surface area contributed by atoms with Crippen LogP contribution in [0.25, 0.3) is 0 Å². The summed E-state index contributed by atoms with van der Waals surface area (Å²) < 4.78 is 20.7. The number of methoxy groups -OCH3 is 1. The van der Waals surface area contributed by atoms with Crippen LogP contribution in [0.15, 0.2) is 29.3 Å². The van der Waals surface area contributed by atoms with Gasteiger partial charge in [-0.1, -0.05) is 18.2 Å². The highest BCUT2D eigenvalue weighted by Gasteiger charge is 2.22. The van der Waals surface area contributed by atoms with Crippen molar-refractivity contribution < 1.29 is 9.13 Å². The van der Waals surface area contributed by atoms with Crippen molar-refractivity contribution in [3.8, 4) is 0 Å². The molecule has 9 heteroatoms. The highest BCUT2D eigenvalue weighted by Crippen LogP contribution is 2.13. The quantitative estimate of drug-likeness (QED) is 0.369. The van der Waals surface area contributed by atoms with Crippen LogP contribution in [0, 0.1) is 5.82 Å². The Morgan fingerprint density at radius 3 is 2.96 bits per heavy atom. The van der Waals surface area contributed by atoms with Crippen LogP contribution >= 0.6 is 24.0 Å². The number of aryl methyl sites for hydroxylation is 1. The second-order valence-corrected chi connectivity index (χ2v) is 6.28. The van der Waals surface area contributed by atoms with Crippen LogP contribution < -0.4 is 10.6 Å². The number of hydrogen-bond acceptors (Lipinski definition) is 4. The number of ether oxygens (including phenoxy) is 1. The van der Waals surface area contributed by atoms with Crippen molar-refractivity contribution in [2.24, 2.45) is 4.99 Å². The molecule has 1 aliphatic rings. The number of halogens is 2. The lowest BCUT2D eigenvalue weighted by Crippen LogP contribution is -2.47. The fraction of sp³-hybridized carbons (Fsp3) is 0.500. The number of fused-ring (bicyclic) bond motifs is 1. The molecule has 3 rings (SSSR count). The highest BCUT2D eigenvalue weighted by atomic mass is 127. The lowest BCUT2D eigenvalue weighted by molar-refractivity contribution is 0.177. The van der Waals surface area contributed by atoms with Crippen LogP contribution in [0.1, 0.15) is 23.6 Å². The Kier molecular flexibility index (Phi) is 8.42. The molecule has 1 unspecified atom stereocenters. The van der Waals surface area contributed by atoms with Crippen molar-refractivity contribution >= 4 is 29.9 Å². The first-order valence-electron chi connectivity index (χ1n) is 8.81. The van der Waals surface area contributed by atoms with Gasteiger partial charge in [0, 0.05) is 33.2 Å². The van der Waals surface area contributed by atoms with Gasteiger partial charge in [0.1, 0.15) is 18.2 Å². The van der Waals surface area contributed by atoms with Gasteiger partial charge in [0.05, 0.1) is 6.54 Å². The molecule has 0 aliphatic carbocycles. The van der Waals surface area contributed by atoms with E-state index in [4.69, 9.17) is 4.74 Å². The van der Waals surface area contributed by atoms with Crippen molar-refractivity contribution in [3.05, 3.63) is 47.3 Å². The molecule has 27 heavy (non-hydrogen) atoms. The zero-order valence-electron chi connectivity index (χ0n) is 15.6. The second-order valence-electron chi connectivity index (χ2n) is 6.28. The van der Waals surface area contributed by atoms with E-state index in [1.165, 1.54) is 6.07 Å². The molecule has 1 aromatic carbocycles. The summed E-state index contributed by atoms with van der Waals surface area (Å²) in [5, 5.41) is 11.1. The molecule has 1 atom stereocenters. The lowest BCUT2D eigenvalue weighted by atomic mass is 10.1. The summed E-state index contributed by atoms with van der Waals surface area (Å²) in [5.74, 6) is 2.26. The minimum Gasteiger partial charge on any atom is -0.377 e. The van der Waals surface area contributed by atoms with Crippen molar-refractivity contribution in [3.63, 3.8) is 0 Å². The van der Waals surface area contributed by atoms with E-state index in [1.54, 1.807) is 26.3 Å². The normalized spacial score (nSPS) is 16.4. The highest BCUT2D eigenvalue weighted by molar-refractivity contribution is 14.0. The topological polar surface area (TPSA) is 76.4 Å². The van der Waals surface area contributed by atoms with Crippen LogP contribution in [-0.2, 0) is 30.7 Å². The first-order valence-corrected chi connectivity index (χ1v) is 8.81. The van der Waals surface area contributed by atoms with Crippen LogP contribution in [0.2, 0.25) is 0 Å². The Balaban J connectivity index is 0.00000261. The van der Waals surface area contributed by atoms with Crippen LogP contribution in [0.4, 0.5) is 4.39 Å². The second kappa shape index (κ2) is 10.5. The third kappa shape index (κ3) is 5.86. The molecule has 0 spiro atoms. The summed E-state index contributed by atoms with van der Waals surface area (Å²) in [4.78, 5) is 8.75. The molecule has 0 bridgehead atoms. The number of aliphatic imine (C=N–C) groups is 1. The van der Waals surface area contributed by atoms with E-state index < -0.39 is 0 Å². The molecular formula is C18H26FIN6O. The number of aromatic nitrogens is 3. The first kappa shape index (κ1) is 21.5. The zero-order valence-corrected chi connectivity index (χ0v) is 17.9. The van der Waals surface area contributed by atoms with E-state index in [1.807, 2.05) is 10.7 Å². The van der Waals surface area contributed by atoms with Crippen molar-refractivity contribution in [1.29, 1.82) is 0 Å². The van der Waals surface area contributed by atoms with Crippen molar-refractivity contribution in [1.82, 2.24) is 25.4 Å². The van der Waals surface area contributed by atoms with E-state index in [-0.39, 0.29) is 35.8 Å². The van der Waals surface area contributed by atoms with E-state index >= 15 is 0 Å². The van der Waals surface area contributed by atoms with Gasteiger partial charge >= 0.3 is 0 Å². The predicted molar refractivity (Wildman–Crippen MR) is 113 cm³/mol.